The third kappa shape index (κ3) is 3.67. The quantitative estimate of drug-likeness (QED) is 0.726. The van der Waals surface area contributed by atoms with Crippen LogP contribution in [0.25, 0.3) is 11.5 Å². The summed E-state index contributed by atoms with van der Waals surface area (Å²) >= 11 is 12.0. The number of halogens is 2. The lowest BCUT2D eigenvalue weighted by Gasteiger charge is -2.09. The highest BCUT2D eigenvalue weighted by molar-refractivity contribution is 6.36. The summed E-state index contributed by atoms with van der Waals surface area (Å²) < 4.78 is 7.12. The third-order valence-electron chi connectivity index (χ3n) is 3.39. The topological polar surface area (TPSA) is 85.8 Å². The summed E-state index contributed by atoms with van der Waals surface area (Å²) in [6.07, 6.45) is 0. The van der Waals surface area contributed by atoms with Gasteiger partial charge < -0.3 is 4.42 Å². The Morgan fingerprint density at radius 2 is 2.00 bits per heavy atom. The summed E-state index contributed by atoms with van der Waals surface area (Å²) in [5.74, 6) is -0.197. The number of aromatic nitrogens is 4. The highest BCUT2D eigenvalue weighted by Gasteiger charge is 2.19. The highest BCUT2D eigenvalue weighted by Crippen LogP contribution is 2.30. The minimum Gasteiger partial charge on any atom is -0.403 e. The monoisotopic (exact) mass is 379 g/mol. The number of aryl methyl sites for hydroxylation is 1. The molecule has 9 heteroatoms. The van der Waals surface area contributed by atoms with Crippen LogP contribution in [0.1, 0.15) is 36.1 Å². The van der Waals surface area contributed by atoms with E-state index in [0.29, 0.717) is 21.3 Å². The predicted molar refractivity (Wildman–Crippen MR) is 95.1 cm³/mol. The van der Waals surface area contributed by atoms with Crippen LogP contribution in [0.4, 0.5) is 6.01 Å². The number of anilines is 1. The number of nitrogens with zero attached hydrogens (tertiary/aromatic N) is 4. The van der Waals surface area contributed by atoms with E-state index in [2.05, 4.69) is 20.6 Å². The number of hydrogen-bond acceptors (Lipinski definition) is 5. The van der Waals surface area contributed by atoms with Crippen LogP contribution < -0.4 is 5.32 Å². The molecule has 0 aliphatic carbocycles. The average molecular weight is 380 g/mol. The largest absolute Gasteiger partial charge is 0.403 e. The Morgan fingerprint density at radius 3 is 2.68 bits per heavy atom. The van der Waals surface area contributed by atoms with Crippen LogP contribution in [0.15, 0.2) is 28.7 Å². The van der Waals surface area contributed by atoms with Crippen molar-refractivity contribution in [2.75, 3.05) is 5.32 Å². The molecule has 0 saturated carbocycles. The SMILES string of the molecule is Cc1cc(C(=O)Nc2nnc(-c3ccc(Cl)cc3Cl)o2)n(C(C)C)n1. The lowest BCUT2D eigenvalue weighted by molar-refractivity contribution is 0.101. The van der Waals surface area contributed by atoms with E-state index in [1.54, 1.807) is 28.9 Å². The van der Waals surface area contributed by atoms with Crippen molar-refractivity contribution in [2.45, 2.75) is 26.8 Å². The van der Waals surface area contributed by atoms with E-state index in [9.17, 15) is 4.79 Å². The van der Waals surface area contributed by atoms with Crippen molar-refractivity contribution in [1.29, 1.82) is 0 Å². The second-order valence-corrected chi connectivity index (χ2v) is 6.54. The Hall–Kier alpha value is -2.38. The van der Waals surface area contributed by atoms with Gasteiger partial charge in [0.15, 0.2) is 0 Å². The molecule has 25 heavy (non-hydrogen) atoms. The molecule has 0 bridgehead atoms. The first-order chi connectivity index (χ1) is 11.8. The maximum absolute atomic E-state index is 12.5. The van der Waals surface area contributed by atoms with Crippen LogP contribution in [-0.2, 0) is 0 Å². The summed E-state index contributed by atoms with van der Waals surface area (Å²) in [6, 6.07) is 6.62. The Labute approximate surface area is 153 Å². The number of carbonyl (C=O) groups excluding carboxylic acids is 1. The average Bonchev–Trinajstić information content (AvgIpc) is 3.14. The number of hydrogen-bond donors (Lipinski definition) is 1. The second kappa shape index (κ2) is 6.85. The van der Waals surface area contributed by atoms with Crippen LogP contribution in [0.5, 0.6) is 0 Å². The molecule has 0 radical (unpaired) electrons. The Morgan fingerprint density at radius 1 is 1.24 bits per heavy atom. The van der Waals surface area contributed by atoms with Crippen LogP contribution in [0.3, 0.4) is 0 Å². The van der Waals surface area contributed by atoms with Gasteiger partial charge in [0, 0.05) is 11.1 Å². The molecule has 0 unspecified atom stereocenters. The van der Waals surface area contributed by atoms with E-state index in [4.69, 9.17) is 27.6 Å². The first-order valence-corrected chi connectivity index (χ1v) is 8.27. The van der Waals surface area contributed by atoms with Crippen molar-refractivity contribution >= 4 is 35.1 Å². The van der Waals surface area contributed by atoms with Gasteiger partial charge in [0.1, 0.15) is 5.69 Å². The molecule has 3 rings (SSSR count). The van der Waals surface area contributed by atoms with Gasteiger partial charge in [0.25, 0.3) is 11.8 Å². The normalized spacial score (nSPS) is 11.1. The van der Waals surface area contributed by atoms with Gasteiger partial charge in [0.2, 0.25) is 0 Å². The minimum atomic E-state index is -0.383. The lowest BCUT2D eigenvalue weighted by Crippen LogP contribution is -2.19. The second-order valence-electron chi connectivity index (χ2n) is 5.70. The smallest absolute Gasteiger partial charge is 0.322 e. The Kier molecular flexibility index (Phi) is 4.78. The number of nitrogens with one attached hydrogen (secondary N) is 1. The molecule has 1 aromatic carbocycles. The molecule has 3 aromatic rings. The van der Waals surface area contributed by atoms with Gasteiger partial charge in [-0.05, 0) is 45.0 Å². The zero-order valence-corrected chi connectivity index (χ0v) is 15.3. The van der Waals surface area contributed by atoms with E-state index in [-0.39, 0.29) is 23.9 Å². The number of rotatable bonds is 4. The maximum atomic E-state index is 12.5. The van der Waals surface area contributed by atoms with Gasteiger partial charge in [-0.25, -0.2) is 0 Å². The number of benzene rings is 1. The molecule has 130 valence electrons. The van der Waals surface area contributed by atoms with Gasteiger partial charge in [-0.3, -0.25) is 14.8 Å². The van der Waals surface area contributed by atoms with Crippen LogP contribution in [0.2, 0.25) is 10.0 Å². The zero-order chi connectivity index (χ0) is 18.1. The van der Waals surface area contributed by atoms with Gasteiger partial charge >= 0.3 is 6.01 Å². The van der Waals surface area contributed by atoms with Gasteiger partial charge in [-0.2, -0.15) is 5.10 Å². The van der Waals surface area contributed by atoms with Crippen LogP contribution in [-0.4, -0.2) is 25.9 Å². The van der Waals surface area contributed by atoms with Crippen molar-refractivity contribution in [3.05, 3.63) is 45.7 Å². The van der Waals surface area contributed by atoms with Crippen molar-refractivity contribution in [3.63, 3.8) is 0 Å². The molecule has 2 aromatic heterocycles. The maximum Gasteiger partial charge on any atom is 0.322 e. The molecular weight excluding hydrogens is 365 g/mol. The molecule has 2 heterocycles. The molecule has 0 aliphatic heterocycles. The minimum absolute atomic E-state index is 0.0276. The molecule has 1 N–H and O–H groups in total. The molecule has 0 atom stereocenters. The summed E-state index contributed by atoms with van der Waals surface area (Å²) in [6.45, 7) is 5.70. The third-order valence-corrected chi connectivity index (χ3v) is 3.93. The van der Waals surface area contributed by atoms with Crippen LogP contribution in [0, 0.1) is 6.92 Å². The molecule has 0 aliphatic rings. The fraction of sp³-hybridized carbons (Fsp3) is 0.250. The van der Waals surface area contributed by atoms with E-state index in [1.807, 2.05) is 20.8 Å². The summed E-state index contributed by atoms with van der Waals surface area (Å²) in [4.78, 5) is 12.5. The number of carbonyl (C=O) groups is 1. The number of amides is 1. The molecule has 0 fully saturated rings. The van der Waals surface area contributed by atoms with E-state index >= 15 is 0 Å². The van der Waals surface area contributed by atoms with E-state index in [1.165, 1.54) is 0 Å². The first-order valence-electron chi connectivity index (χ1n) is 7.51. The molecule has 7 nitrogen and oxygen atoms in total. The summed E-state index contributed by atoms with van der Waals surface area (Å²) in [5.41, 5.74) is 1.69. The zero-order valence-electron chi connectivity index (χ0n) is 13.7. The molecule has 0 spiro atoms. The standard InChI is InChI=1S/C16H15Cl2N5O2/c1-8(2)23-13(6-9(3)22-23)14(24)19-16-21-20-15(25-16)11-5-4-10(17)7-12(11)18/h4-8H,1-3H3,(H,19,21,24). The van der Waals surface area contributed by atoms with Gasteiger partial charge in [-0.15, -0.1) is 5.10 Å². The molecule has 0 saturated heterocycles. The molecular formula is C16H15Cl2N5O2. The van der Waals surface area contributed by atoms with E-state index in [0.717, 1.165) is 5.69 Å². The fourth-order valence-corrected chi connectivity index (χ4v) is 2.78. The van der Waals surface area contributed by atoms with Gasteiger partial charge in [0.05, 0.1) is 16.3 Å². The van der Waals surface area contributed by atoms with Crippen molar-refractivity contribution in [3.8, 4) is 11.5 Å². The predicted octanol–water partition coefficient (Wildman–Crippen LogP) is 4.38. The highest BCUT2D eigenvalue weighted by atomic mass is 35.5. The van der Waals surface area contributed by atoms with Crippen LogP contribution >= 0.6 is 23.2 Å². The lowest BCUT2D eigenvalue weighted by atomic mass is 10.2. The fourth-order valence-electron chi connectivity index (χ4n) is 2.29. The summed E-state index contributed by atoms with van der Waals surface area (Å²) in [7, 11) is 0. The Bertz CT molecular complexity index is 933. The van der Waals surface area contributed by atoms with E-state index < -0.39 is 0 Å². The first kappa shape index (κ1) is 17.4. The Balaban J connectivity index is 1.83. The van der Waals surface area contributed by atoms with Crippen molar-refractivity contribution in [1.82, 2.24) is 20.0 Å². The van der Waals surface area contributed by atoms with Crippen molar-refractivity contribution in [2.24, 2.45) is 0 Å². The summed E-state index contributed by atoms with van der Waals surface area (Å²) in [5, 5.41) is 15.5. The van der Waals surface area contributed by atoms with Crippen molar-refractivity contribution < 1.29 is 9.21 Å². The molecule has 1 amide bonds. The van der Waals surface area contributed by atoms with Gasteiger partial charge in [-0.1, -0.05) is 28.3 Å².